The van der Waals surface area contributed by atoms with Gasteiger partial charge in [-0.05, 0) is 55.7 Å². The lowest BCUT2D eigenvalue weighted by Crippen LogP contribution is -2.33. The van der Waals surface area contributed by atoms with Crippen molar-refractivity contribution < 1.29 is 9.30 Å². The summed E-state index contributed by atoms with van der Waals surface area (Å²) in [7, 11) is 2.15. The van der Waals surface area contributed by atoms with E-state index in [0.29, 0.717) is 0 Å². The Bertz CT molecular complexity index is 1250. The van der Waals surface area contributed by atoms with E-state index in [1.54, 1.807) is 0 Å². The zero-order chi connectivity index (χ0) is 18.2. The summed E-state index contributed by atoms with van der Waals surface area (Å²) in [5.41, 5.74) is 7.57. The summed E-state index contributed by atoms with van der Waals surface area (Å²) in [5, 5.41) is 5.12. The molecule has 0 fully saturated rings. The molecule has 0 saturated carbocycles. The van der Waals surface area contributed by atoms with Crippen LogP contribution in [0, 0.1) is 27.7 Å². The van der Waals surface area contributed by atoms with Crippen molar-refractivity contribution in [2.75, 3.05) is 0 Å². The second-order valence-electron chi connectivity index (χ2n) is 7.50. The maximum absolute atomic E-state index is 6.52. The van der Waals surface area contributed by atoms with E-state index in [1.807, 2.05) is 0 Å². The molecule has 2 heterocycles. The molecule has 0 bridgehead atoms. The van der Waals surface area contributed by atoms with Gasteiger partial charge in [0.2, 0.25) is 5.69 Å². The smallest absolute Gasteiger partial charge is 0.228 e. The first kappa shape index (κ1) is 15.4. The number of aromatic nitrogens is 1. The maximum atomic E-state index is 6.52. The van der Waals surface area contributed by atoms with Crippen molar-refractivity contribution in [2.45, 2.75) is 27.7 Å². The van der Waals surface area contributed by atoms with E-state index in [1.165, 1.54) is 55.1 Å². The molecule has 0 saturated heterocycles. The van der Waals surface area contributed by atoms with E-state index in [-0.39, 0.29) is 0 Å². The lowest BCUT2D eigenvalue weighted by molar-refractivity contribution is -0.659. The first-order valence-corrected chi connectivity index (χ1v) is 9.11. The van der Waals surface area contributed by atoms with Gasteiger partial charge >= 0.3 is 0 Å². The number of hydrogen-bond acceptors (Lipinski definition) is 1. The zero-order valence-electron chi connectivity index (χ0n) is 15.9. The first-order chi connectivity index (χ1) is 12.5. The minimum atomic E-state index is 0.963. The summed E-state index contributed by atoms with van der Waals surface area (Å²) in [5.74, 6) is 1.96. The fraction of sp³-hybridized carbons (Fsp3) is 0.208. The van der Waals surface area contributed by atoms with Crippen molar-refractivity contribution in [1.82, 2.24) is 0 Å². The molecule has 128 valence electrons. The van der Waals surface area contributed by atoms with E-state index in [4.69, 9.17) is 4.74 Å². The minimum absolute atomic E-state index is 0.963. The minimum Gasteiger partial charge on any atom is -0.455 e. The highest BCUT2D eigenvalue weighted by molar-refractivity contribution is 6.08. The lowest BCUT2D eigenvalue weighted by atomic mass is 9.88. The molecule has 0 amide bonds. The largest absolute Gasteiger partial charge is 0.455 e. The summed E-state index contributed by atoms with van der Waals surface area (Å²) in [6.07, 6.45) is 2.24. The molecular weight excluding hydrogens is 318 g/mol. The molecule has 26 heavy (non-hydrogen) atoms. The van der Waals surface area contributed by atoms with Gasteiger partial charge in [-0.2, -0.15) is 4.57 Å². The molecule has 3 aromatic carbocycles. The van der Waals surface area contributed by atoms with Gasteiger partial charge in [-0.3, -0.25) is 0 Å². The number of nitrogens with zero attached hydrogens (tertiary/aromatic N) is 1. The van der Waals surface area contributed by atoms with E-state index < -0.39 is 0 Å². The third kappa shape index (κ3) is 1.79. The Morgan fingerprint density at radius 1 is 0.769 bits per heavy atom. The molecule has 0 radical (unpaired) electrons. The van der Waals surface area contributed by atoms with Crippen molar-refractivity contribution in [3.63, 3.8) is 0 Å². The van der Waals surface area contributed by atoms with Gasteiger partial charge in [-0.15, -0.1) is 0 Å². The second-order valence-corrected chi connectivity index (χ2v) is 7.50. The molecule has 0 aliphatic carbocycles. The third-order valence-corrected chi connectivity index (χ3v) is 5.87. The van der Waals surface area contributed by atoms with E-state index >= 15 is 0 Å². The first-order valence-electron chi connectivity index (χ1n) is 9.11. The Balaban J connectivity index is 2.06. The van der Waals surface area contributed by atoms with Crippen LogP contribution in [0.1, 0.15) is 22.3 Å². The van der Waals surface area contributed by atoms with Gasteiger partial charge in [0.1, 0.15) is 18.5 Å². The van der Waals surface area contributed by atoms with Crippen LogP contribution >= 0.6 is 0 Å². The fourth-order valence-corrected chi connectivity index (χ4v) is 4.69. The molecule has 2 nitrogen and oxygen atoms in total. The number of hydrogen-bond donors (Lipinski definition) is 0. The number of rotatable bonds is 0. The van der Waals surface area contributed by atoms with Crippen molar-refractivity contribution in [3.8, 4) is 22.8 Å². The SMILES string of the molecule is Cc1c2c(c(C)c3ccccc13)-c1c3c(ccc(C)c3c(C)c[n+]1C)O2. The molecule has 1 aliphatic rings. The highest BCUT2D eigenvalue weighted by Crippen LogP contribution is 2.50. The summed E-state index contributed by atoms with van der Waals surface area (Å²) in [4.78, 5) is 0. The van der Waals surface area contributed by atoms with Gasteiger partial charge in [0.05, 0.1) is 10.9 Å². The Labute approximate surface area is 153 Å². The molecule has 0 atom stereocenters. The number of pyridine rings is 1. The normalized spacial score (nSPS) is 12.3. The molecular formula is C24H22NO+. The number of aryl methyl sites for hydroxylation is 5. The molecule has 0 spiro atoms. The third-order valence-electron chi connectivity index (χ3n) is 5.87. The van der Waals surface area contributed by atoms with E-state index in [2.05, 4.69) is 81.9 Å². The molecule has 5 rings (SSSR count). The summed E-state index contributed by atoms with van der Waals surface area (Å²) in [6, 6.07) is 12.9. The van der Waals surface area contributed by atoms with Crippen molar-refractivity contribution in [1.29, 1.82) is 0 Å². The highest BCUT2D eigenvalue weighted by atomic mass is 16.5. The van der Waals surface area contributed by atoms with Gasteiger partial charge in [0.15, 0.2) is 6.20 Å². The van der Waals surface area contributed by atoms with Crippen LogP contribution in [0.3, 0.4) is 0 Å². The number of benzene rings is 3. The summed E-state index contributed by atoms with van der Waals surface area (Å²) >= 11 is 0. The molecule has 0 N–H and O–H groups in total. The van der Waals surface area contributed by atoms with Crippen LogP contribution < -0.4 is 9.30 Å². The lowest BCUT2D eigenvalue weighted by Gasteiger charge is -2.25. The molecule has 4 aromatic rings. The van der Waals surface area contributed by atoms with Crippen LogP contribution in [-0.2, 0) is 7.05 Å². The molecule has 1 aromatic heterocycles. The van der Waals surface area contributed by atoms with Crippen LogP contribution in [0.15, 0.2) is 42.6 Å². The predicted molar refractivity (Wildman–Crippen MR) is 107 cm³/mol. The predicted octanol–water partition coefficient (Wildman–Crippen LogP) is 5.82. The average Bonchev–Trinajstić information content (AvgIpc) is 2.63. The van der Waals surface area contributed by atoms with Crippen molar-refractivity contribution >= 4 is 21.5 Å². The molecule has 1 aliphatic heterocycles. The fourth-order valence-electron chi connectivity index (χ4n) is 4.69. The Morgan fingerprint density at radius 3 is 2.19 bits per heavy atom. The number of fused-ring (bicyclic) bond motifs is 3. The van der Waals surface area contributed by atoms with Crippen molar-refractivity contribution in [3.05, 3.63) is 64.8 Å². The topological polar surface area (TPSA) is 13.1 Å². The summed E-state index contributed by atoms with van der Waals surface area (Å²) in [6.45, 7) is 8.76. The Kier molecular flexibility index (Phi) is 3.00. The zero-order valence-corrected chi connectivity index (χ0v) is 15.9. The maximum Gasteiger partial charge on any atom is 0.228 e. The highest BCUT2D eigenvalue weighted by Gasteiger charge is 2.32. The van der Waals surface area contributed by atoms with E-state index in [0.717, 1.165) is 11.5 Å². The van der Waals surface area contributed by atoms with Crippen LogP contribution in [0.25, 0.3) is 32.8 Å². The van der Waals surface area contributed by atoms with E-state index in [9.17, 15) is 0 Å². The summed E-state index contributed by atoms with van der Waals surface area (Å²) < 4.78 is 8.79. The van der Waals surface area contributed by atoms with Gasteiger partial charge in [0.25, 0.3) is 0 Å². The quantitative estimate of drug-likeness (QED) is 0.324. The average molecular weight is 340 g/mol. The van der Waals surface area contributed by atoms with Gasteiger partial charge < -0.3 is 4.74 Å². The van der Waals surface area contributed by atoms with Crippen molar-refractivity contribution in [2.24, 2.45) is 7.05 Å². The standard InChI is InChI=1S/C24H22NO/c1-13-10-11-19-22-20(13)14(2)12-25(5)23(22)21-15(3)17-8-6-7-9-18(17)16(4)24(21)26-19/h6-12H,1-5H3/q+1. The van der Waals surface area contributed by atoms with Gasteiger partial charge in [-0.1, -0.05) is 30.3 Å². The van der Waals surface area contributed by atoms with Crippen LogP contribution in [-0.4, -0.2) is 0 Å². The van der Waals surface area contributed by atoms with Crippen LogP contribution in [0.2, 0.25) is 0 Å². The second kappa shape index (κ2) is 5.07. The van der Waals surface area contributed by atoms with Gasteiger partial charge in [0, 0.05) is 16.5 Å². The molecule has 2 heteroatoms. The Hall–Kier alpha value is -2.87. The van der Waals surface area contributed by atoms with Crippen LogP contribution in [0.4, 0.5) is 0 Å². The van der Waals surface area contributed by atoms with Gasteiger partial charge in [-0.25, -0.2) is 0 Å². The Morgan fingerprint density at radius 2 is 1.46 bits per heavy atom. The molecule has 0 unspecified atom stereocenters. The monoisotopic (exact) mass is 340 g/mol. The number of ether oxygens (including phenoxy) is 1. The van der Waals surface area contributed by atoms with Crippen LogP contribution in [0.5, 0.6) is 11.5 Å².